The van der Waals surface area contributed by atoms with E-state index in [9.17, 15) is 18.0 Å². The molecule has 0 bridgehead atoms. The van der Waals surface area contributed by atoms with Gasteiger partial charge in [-0.25, -0.2) is 8.42 Å². The molecule has 7 nitrogen and oxygen atoms in total. The molecule has 158 valence electrons. The van der Waals surface area contributed by atoms with Crippen LogP contribution in [0.2, 0.25) is 0 Å². The topological polar surface area (TPSA) is 95.6 Å². The molecule has 1 unspecified atom stereocenters. The number of amides is 2. The summed E-state index contributed by atoms with van der Waals surface area (Å²) in [4.78, 5) is 28.0. The number of rotatable bonds is 4. The van der Waals surface area contributed by atoms with Crippen LogP contribution in [0.4, 0.5) is 11.4 Å². The van der Waals surface area contributed by atoms with Gasteiger partial charge in [0.2, 0.25) is 11.8 Å². The molecule has 2 aliphatic rings. The highest BCUT2D eigenvalue weighted by Gasteiger charge is 2.36. The maximum Gasteiger partial charge on any atom is 0.261 e. The summed E-state index contributed by atoms with van der Waals surface area (Å²) in [5.41, 5.74) is 0.859. The summed E-state index contributed by atoms with van der Waals surface area (Å²) in [5, 5.41) is 1.88. The number of carbonyl (C=O) groups is 2. The molecule has 1 atom stereocenters. The Morgan fingerprint density at radius 2 is 1.73 bits per heavy atom. The Bertz CT molecular complexity index is 1050. The summed E-state index contributed by atoms with van der Waals surface area (Å²) in [6, 6.07) is 13.2. The van der Waals surface area contributed by atoms with Gasteiger partial charge >= 0.3 is 0 Å². The fourth-order valence-electron chi connectivity index (χ4n) is 3.60. The van der Waals surface area contributed by atoms with Gasteiger partial charge in [0.15, 0.2) is 5.25 Å². The highest BCUT2D eigenvalue weighted by atomic mass is 32.2. The van der Waals surface area contributed by atoms with Crippen molar-refractivity contribution in [2.45, 2.75) is 40.7 Å². The number of likely N-dealkylation sites (tertiary alicyclic amines) is 1. The lowest BCUT2D eigenvalue weighted by molar-refractivity contribution is -0.133. The third-order valence-electron chi connectivity index (χ3n) is 5.17. The summed E-state index contributed by atoms with van der Waals surface area (Å²) in [5.74, 6) is -0.584. The van der Waals surface area contributed by atoms with Crippen LogP contribution in [0, 0.1) is 0 Å². The van der Waals surface area contributed by atoms with Gasteiger partial charge in [0, 0.05) is 23.7 Å². The van der Waals surface area contributed by atoms with Crippen molar-refractivity contribution in [3.05, 3.63) is 48.5 Å². The average Bonchev–Trinajstić information content (AvgIpc) is 3.02. The third-order valence-corrected chi connectivity index (χ3v) is 7.81. The van der Waals surface area contributed by atoms with Crippen molar-refractivity contribution in [2.24, 2.45) is 0 Å². The van der Waals surface area contributed by atoms with Gasteiger partial charge in [0.05, 0.1) is 10.6 Å². The number of nitrogens with zero attached hydrogens (tertiary/aromatic N) is 1. The lowest BCUT2D eigenvalue weighted by Gasteiger charge is -2.28. The van der Waals surface area contributed by atoms with E-state index in [4.69, 9.17) is 0 Å². The molecule has 0 aliphatic carbocycles. The van der Waals surface area contributed by atoms with E-state index in [1.165, 1.54) is 23.9 Å². The minimum atomic E-state index is -3.80. The second kappa shape index (κ2) is 8.69. The van der Waals surface area contributed by atoms with Crippen LogP contribution in [0.25, 0.3) is 0 Å². The standard InChI is InChI=1S/C21H23N3O4S2/c25-20-19(21(26)24-12-6-1-2-7-13-24)29-18-11-10-16(14-17(18)22-20)30(27,28)23-15-8-4-3-5-9-15/h3-5,8-11,14,19,23H,1-2,6-7,12-13H2,(H,22,25). The molecule has 30 heavy (non-hydrogen) atoms. The zero-order valence-electron chi connectivity index (χ0n) is 16.3. The van der Waals surface area contributed by atoms with Crippen LogP contribution in [0.5, 0.6) is 0 Å². The summed E-state index contributed by atoms with van der Waals surface area (Å²) < 4.78 is 27.9. The molecule has 1 saturated heterocycles. The summed E-state index contributed by atoms with van der Waals surface area (Å²) in [6.07, 6.45) is 4.11. The van der Waals surface area contributed by atoms with E-state index in [0.717, 1.165) is 25.7 Å². The van der Waals surface area contributed by atoms with Crippen LogP contribution in [0.1, 0.15) is 25.7 Å². The number of benzene rings is 2. The lowest BCUT2D eigenvalue weighted by Crippen LogP contribution is -2.45. The van der Waals surface area contributed by atoms with Gasteiger partial charge in [0.25, 0.3) is 10.0 Å². The van der Waals surface area contributed by atoms with E-state index in [2.05, 4.69) is 10.0 Å². The Labute approximate surface area is 180 Å². The smallest absolute Gasteiger partial charge is 0.261 e. The van der Waals surface area contributed by atoms with Crippen molar-refractivity contribution >= 4 is 45.0 Å². The lowest BCUT2D eigenvalue weighted by atomic mass is 10.2. The van der Waals surface area contributed by atoms with E-state index < -0.39 is 21.2 Å². The minimum absolute atomic E-state index is 0.0447. The Balaban J connectivity index is 1.53. The highest BCUT2D eigenvalue weighted by molar-refractivity contribution is 8.01. The molecule has 0 saturated carbocycles. The molecule has 1 fully saturated rings. The van der Waals surface area contributed by atoms with Crippen molar-refractivity contribution in [3.8, 4) is 0 Å². The predicted molar refractivity (Wildman–Crippen MR) is 117 cm³/mol. The van der Waals surface area contributed by atoms with E-state index >= 15 is 0 Å². The highest BCUT2D eigenvalue weighted by Crippen LogP contribution is 2.38. The first-order chi connectivity index (χ1) is 14.4. The number of fused-ring (bicyclic) bond motifs is 1. The van der Waals surface area contributed by atoms with E-state index in [1.54, 1.807) is 41.3 Å². The average molecular weight is 446 g/mol. The fraction of sp³-hybridized carbons (Fsp3) is 0.333. The van der Waals surface area contributed by atoms with Crippen molar-refractivity contribution in [1.82, 2.24) is 4.90 Å². The molecule has 2 heterocycles. The Hall–Kier alpha value is -2.52. The monoisotopic (exact) mass is 445 g/mol. The first kappa shape index (κ1) is 20.7. The Morgan fingerprint density at radius 3 is 2.43 bits per heavy atom. The van der Waals surface area contributed by atoms with E-state index in [-0.39, 0.29) is 10.8 Å². The van der Waals surface area contributed by atoms with Gasteiger partial charge in [-0.05, 0) is 43.2 Å². The molecular formula is C21H23N3O4S2. The Kier molecular flexibility index (Phi) is 6.01. The second-order valence-corrected chi connectivity index (χ2v) is 10.2. The largest absolute Gasteiger partial charge is 0.341 e. The number of carbonyl (C=O) groups excluding carboxylic acids is 2. The fourth-order valence-corrected chi connectivity index (χ4v) is 5.73. The van der Waals surface area contributed by atoms with E-state index in [1.807, 2.05) is 0 Å². The number of anilines is 2. The zero-order valence-corrected chi connectivity index (χ0v) is 18.0. The van der Waals surface area contributed by atoms with Gasteiger partial charge in [-0.1, -0.05) is 31.0 Å². The number of thioether (sulfide) groups is 1. The summed E-state index contributed by atoms with van der Waals surface area (Å²) in [7, 11) is -3.80. The molecule has 0 radical (unpaired) electrons. The second-order valence-electron chi connectivity index (χ2n) is 7.36. The zero-order chi connectivity index (χ0) is 21.1. The minimum Gasteiger partial charge on any atom is -0.341 e. The first-order valence-corrected chi connectivity index (χ1v) is 12.3. The molecule has 4 rings (SSSR count). The van der Waals surface area contributed by atoms with Gasteiger partial charge < -0.3 is 10.2 Å². The molecular weight excluding hydrogens is 422 g/mol. The van der Waals surface area contributed by atoms with Crippen LogP contribution in [0.15, 0.2) is 58.3 Å². The third kappa shape index (κ3) is 4.46. The van der Waals surface area contributed by atoms with Crippen molar-refractivity contribution in [3.63, 3.8) is 0 Å². The summed E-state index contributed by atoms with van der Waals surface area (Å²) >= 11 is 1.18. The molecule has 2 amide bonds. The van der Waals surface area contributed by atoms with Crippen LogP contribution < -0.4 is 10.0 Å². The van der Waals surface area contributed by atoms with E-state index in [0.29, 0.717) is 29.4 Å². The van der Waals surface area contributed by atoms with Crippen molar-refractivity contribution in [1.29, 1.82) is 0 Å². The number of hydrogen-bond donors (Lipinski definition) is 2. The van der Waals surface area contributed by atoms with Crippen LogP contribution in [0.3, 0.4) is 0 Å². The molecule has 2 aromatic carbocycles. The van der Waals surface area contributed by atoms with Gasteiger partial charge in [-0.3, -0.25) is 14.3 Å². The Morgan fingerprint density at radius 1 is 1.03 bits per heavy atom. The number of nitrogens with one attached hydrogen (secondary N) is 2. The normalized spacial score (nSPS) is 19.4. The van der Waals surface area contributed by atoms with Gasteiger partial charge in [-0.15, -0.1) is 11.8 Å². The molecule has 0 spiro atoms. The van der Waals surface area contributed by atoms with Gasteiger partial charge in [-0.2, -0.15) is 0 Å². The number of para-hydroxylation sites is 1. The molecule has 2 aromatic rings. The molecule has 2 aliphatic heterocycles. The van der Waals surface area contributed by atoms with Crippen LogP contribution >= 0.6 is 11.8 Å². The first-order valence-electron chi connectivity index (χ1n) is 9.92. The number of sulfonamides is 1. The van der Waals surface area contributed by atoms with Crippen molar-refractivity contribution in [2.75, 3.05) is 23.1 Å². The van der Waals surface area contributed by atoms with Crippen LogP contribution in [-0.4, -0.2) is 43.5 Å². The molecule has 9 heteroatoms. The number of hydrogen-bond acceptors (Lipinski definition) is 5. The van der Waals surface area contributed by atoms with Crippen LogP contribution in [-0.2, 0) is 19.6 Å². The van der Waals surface area contributed by atoms with Gasteiger partial charge in [0.1, 0.15) is 0 Å². The van der Waals surface area contributed by atoms with Crippen molar-refractivity contribution < 1.29 is 18.0 Å². The maximum atomic E-state index is 12.9. The quantitative estimate of drug-likeness (QED) is 0.704. The maximum absolute atomic E-state index is 12.9. The predicted octanol–water partition coefficient (Wildman–Crippen LogP) is 3.30. The molecule has 0 aromatic heterocycles. The molecule has 2 N–H and O–H groups in total. The summed E-state index contributed by atoms with van der Waals surface area (Å²) in [6.45, 7) is 1.36. The SMILES string of the molecule is O=C1Nc2cc(S(=O)(=O)Nc3ccccc3)ccc2SC1C(=O)N1CCCCCC1.